The number of aliphatic carboxylic acids is 1. The number of rotatable bonds is 6. The number of aromatic nitrogens is 1. The average molecular weight is 312 g/mol. The molecule has 1 aliphatic carbocycles. The first-order chi connectivity index (χ1) is 9.97. The second kappa shape index (κ2) is 6.89. The Morgan fingerprint density at radius 1 is 1.48 bits per heavy atom. The Hall–Kier alpha value is -1.63. The lowest BCUT2D eigenvalue weighted by Crippen LogP contribution is -2.33. The predicted molar refractivity (Wildman–Crippen MR) is 79.5 cm³/mol. The second-order valence-electron chi connectivity index (χ2n) is 5.51. The Morgan fingerprint density at radius 2 is 2.24 bits per heavy atom. The molecule has 1 saturated carbocycles. The van der Waals surface area contributed by atoms with Gasteiger partial charge in [0.05, 0.1) is 5.92 Å². The van der Waals surface area contributed by atoms with Crippen LogP contribution in [0.4, 0.5) is 0 Å². The summed E-state index contributed by atoms with van der Waals surface area (Å²) in [5.41, 5.74) is 0.922. The Morgan fingerprint density at radius 3 is 2.81 bits per heavy atom. The first-order valence-electron chi connectivity index (χ1n) is 7.14. The lowest BCUT2D eigenvalue weighted by molar-refractivity contribution is -0.141. The maximum Gasteiger partial charge on any atom is 0.307 e. The van der Waals surface area contributed by atoms with E-state index in [0.29, 0.717) is 32.2 Å². The molecule has 116 valence electrons. The molecule has 0 aromatic carbocycles. The van der Waals surface area contributed by atoms with Gasteiger partial charge in [-0.05, 0) is 32.6 Å². The van der Waals surface area contributed by atoms with Crippen LogP contribution in [-0.4, -0.2) is 27.6 Å². The van der Waals surface area contributed by atoms with E-state index >= 15 is 0 Å². The van der Waals surface area contributed by atoms with E-state index in [0.717, 1.165) is 12.1 Å². The number of carboxylic acid groups (broad SMARTS) is 1. The van der Waals surface area contributed by atoms with Crippen LogP contribution in [0.5, 0.6) is 0 Å². The van der Waals surface area contributed by atoms with E-state index in [1.54, 1.807) is 4.57 Å². The van der Waals surface area contributed by atoms with Gasteiger partial charge in [0, 0.05) is 30.1 Å². The van der Waals surface area contributed by atoms with Gasteiger partial charge in [-0.25, -0.2) is 0 Å². The number of aryl methyl sites for hydroxylation is 1. The molecule has 2 unspecified atom stereocenters. The highest BCUT2D eigenvalue weighted by Crippen LogP contribution is 2.25. The van der Waals surface area contributed by atoms with Crippen LogP contribution in [0.25, 0.3) is 0 Å². The van der Waals surface area contributed by atoms with Gasteiger partial charge in [-0.15, -0.1) is 0 Å². The minimum Gasteiger partial charge on any atom is -0.481 e. The van der Waals surface area contributed by atoms with Crippen molar-refractivity contribution in [3.63, 3.8) is 0 Å². The van der Waals surface area contributed by atoms with E-state index in [4.69, 9.17) is 5.11 Å². The third-order valence-corrected chi connectivity index (χ3v) is 4.79. The fourth-order valence-electron chi connectivity index (χ4n) is 2.71. The molecule has 1 heterocycles. The summed E-state index contributed by atoms with van der Waals surface area (Å²) in [6.07, 6.45) is 2.84. The Balaban J connectivity index is 1.71. The van der Waals surface area contributed by atoms with Crippen molar-refractivity contribution in [3.05, 3.63) is 20.7 Å². The van der Waals surface area contributed by atoms with Crippen molar-refractivity contribution < 1.29 is 14.7 Å². The highest BCUT2D eigenvalue weighted by Gasteiger charge is 2.30. The van der Waals surface area contributed by atoms with Crippen LogP contribution in [0.1, 0.15) is 37.8 Å². The van der Waals surface area contributed by atoms with Crippen molar-refractivity contribution in [2.75, 3.05) is 0 Å². The van der Waals surface area contributed by atoms with Crippen LogP contribution in [0.3, 0.4) is 0 Å². The van der Waals surface area contributed by atoms with Gasteiger partial charge in [0.2, 0.25) is 5.91 Å². The molecule has 2 N–H and O–H groups in total. The van der Waals surface area contributed by atoms with Gasteiger partial charge in [-0.2, -0.15) is 0 Å². The first-order valence-corrected chi connectivity index (χ1v) is 8.02. The maximum absolute atomic E-state index is 11.8. The Kier molecular flexibility index (Phi) is 5.17. The molecule has 1 aromatic heterocycles. The van der Waals surface area contributed by atoms with Crippen LogP contribution >= 0.6 is 11.3 Å². The zero-order valence-corrected chi connectivity index (χ0v) is 12.8. The smallest absolute Gasteiger partial charge is 0.307 e. The van der Waals surface area contributed by atoms with Crippen LogP contribution in [0, 0.1) is 12.8 Å². The molecule has 21 heavy (non-hydrogen) atoms. The minimum absolute atomic E-state index is 0.00741. The summed E-state index contributed by atoms with van der Waals surface area (Å²) in [7, 11) is 0. The highest BCUT2D eigenvalue weighted by molar-refractivity contribution is 7.07. The number of nitrogens with zero attached hydrogens (tertiary/aromatic N) is 1. The highest BCUT2D eigenvalue weighted by atomic mass is 32.1. The molecule has 0 bridgehead atoms. The zero-order chi connectivity index (χ0) is 15.4. The molecule has 1 fully saturated rings. The lowest BCUT2D eigenvalue weighted by Gasteiger charge is -2.12. The van der Waals surface area contributed by atoms with Gasteiger partial charge in [-0.3, -0.25) is 14.4 Å². The summed E-state index contributed by atoms with van der Waals surface area (Å²) in [5, 5.41) is 13.6. The van der Waals surface area contributed by atoms with E-state index in [2.05, 4.69) is 5.32 Å². The summed E-state index contributed by atoms with van der Waals surface area (Å²) in [5.74, 6) is -1.17. The Labute approximate surface area is 126 Å². The van der Waals surface area contributed by atoms with Crippen LogP contribution in [0.15, 0.2) is 10.2 Å². The van der Waals surface area contributed by atoms with Crippen LogP contribution in [0.2, 0.25) is 0 Å². The fraction of sp³-hybridized carbons (Fsp3) is 0.643. The SMILES string of the molecule is Cc1csc(=O)n1CCCC(=O)NC1CCC(C(=O)O)C1. The summed E-state index contributed by atoms with van der Waals surface area (Å²) in [6.45, 7) is 2.42. The van der Waals surface area contributed by atoms with Crippen LogP contribution < -0.4 is 10.2 Å². The third-order valence-electron chi connectivity index (χ3n) is 3.91. The molecule has 2 atom stereocenters. The van der Waals surface area contributed by atoms with Crippen molar-refractivity contribution in [3.8, 4) is 0 Å². The quantitative estimate of drug-likeness (QED) is 0.830. The zero-order valence-electron chi connectivity index (χ0n) is 12.0. The van der Waals surface area contributed by atoms with E-state index in [1.807, 2.05) is 12.3 Å². The van der Waals surface area contributed by atoms with E-state index in [-0.39, 0.29) is 22.7 Å². The van der Waals surface area contributed by atoms with Crippen molar-refractivity contribution in [2.24, 2.45) is 5.92 Å². The standard InChI is InChI=1S/C14H20N2O4S/c1-9-8-21-14(20)16(9)6-2-3-12(17)15-11-5-4-10(7-11)13(18)19/h8,10-11H,2-7H2,1H3,(H,15,17)(H,18,19). The number of nitrogens with one attached hydrogen (secondary N) is 1. The average Bonchev–Trinajstić information content (AvgIpc) is 3.00. The molecule has 0 radical (unpaired) electrons. The molecule has 1 aliphatic rings. The van der Waals surface area contributed by atoms with E-state index < -0.39 is 5.97 Å². The van der Waals surface area contributed by atoms with Gasteiger partial charge in [-0.1, -0.05) is 11.3 Å². The number of carbonyl (C=O) groups excluding carboxylic acids is 1. The second-order valence-corrected chi connectivity index (χ2v) is 6.33. The van der Waals surface area contributed by atoms with E-state index in [1.165, 1.54) is 11.3 Å². The monoisotopic (exact) mass is 312 g/mol. The number of carboxylic acids is 1. The van der Waals surface area contributed by atoms with Crippen molar-refractivity contribution in [2.45, 2.75) is 51.6 Å². The molecule has 1 amide bonds. The molecule has 2 rings (SSSR count). The Bertz CT molecular complexity index is 578. The number of amides is 1. The van der Waals surface area contributed by atoms with Crippen molar-refractivity contribution in [1.82, 2.24) is 9.88 Å². The largest absolute Gasteiger partial charge is 0.481 e. The van der Waals surface area contributed by atoms with Gasteiger partial charge in [0.15, 0.2) is 0 Å². The van der Waals surface area contributed by atoms with E-state index in [9.17, 15) is 14.4 Å². The third kappa shape index (κ3) is 4.17. The fourth-order valence-corrected chi connectivity index (χ4v) is 3.47. The molecular formula is C14H20N2O4S. The first kappa shape index (κ1) is 15.8. The molecule has 0 spiro atoms. The summed E-state index contributed by atoms with van der Waals surface area (Å²) < 4.78 is 1.67. The lowest BCUT2D eigenvalue weighted by atomic mass is 10.1. The molecule has 7 heteroatoms. The van der Waals surface area contributed by atoms with Gasteiger partial charge < -0.3 is 15.0 Å². The summed E-state index contributed by atoms with van der Waals surface area (Å²) in [4.78, 5) is 34.2. The number of thiazole rings is 1. The molecule has 1 aromatic rings. The number of hydrogen-bond donors (Lipinski definition) is 2. The number of carbonyl (C=O) groups is 2. The van der Waals surface area contributed by atoms with Crippen molar-refractivity contribution >= 4 is 23.2 Å². The molecule has 6 nitrogen and oxygen atoms in total. The van der Waals surface area contributed by atoms with Gasteiger partial charge in [0.25, 0.3) is 0 Å². The van der Waals surface area contributed by atoms with Gasteiger partial charge in [0.1, 0.15) is 0 Å². The predicted octanol–water partition coefficient (Wildman–Crippen LogP) is 1.37. The molecular weight excluding hydrogens is 292 g/mol. The van der Waals surface area contributed by atoms with Gasteiger partial charge >= 0.3 is 10.8 Å². The number of hydrogen-bond acceptors (Lipinski definition) is 4. The maximum atomic E-state index is 11.8. The van der Waals surface area contributed by atoms with Crippen LogP contribution in [-0.2, 0) is 16.1 Å². The normalized spacial score (nSPS) is 21.4. The van der Waals surface area contributed by atoms with Crippen molar-refractivity contribution in [1.29, 1.82) is 0 Å². The minimum atomic E-state index is -0.779. The summed E-state index contributed by atoms with van der Waals surface area (Å²) in [6, 6.07) is -0.0239. The topological polar surface area (TPSA) is 88.4 Å². The molecule has 0 aliphatic heterocycles. The molecule has 0 saturated heterocycles. The summed E-state index contributed by atoms with van der Waals surface area (Å²) >= 11 is 1.17.